The summed E-state index contributed by atoms with van der Waals surface area (Å²) in [5, 5.41) is 5.52. The average Bonchev–Trinajstić information content (AvgIpc) is 2.45. The summed E-state index contributed by atoms with van der Waals surface area (Å²) < 4.78 is 14.3. The number of benzene rings is 2. The molecule has 0 fully saturated rings. The molecular weight excluding hydrogens is 341 g/mol. The molecule has 1 aromatic heterocycles. The van der Waals surface area contributed by atoms with Crippen LogP contribution in [0.3, 0.4) is 0 Å². The zero-order valence-corrected chi connectivity index (χ0v) is 12.2. The number of hydrogen-bond acceptors (Lipinski definition) is 3. The summed E-state index contributed by atoms with van der Waals surface area (Å²) in [5.41, 5.74) is -0.324. The number of rotatable bonds is 2. The SMILES string of the molecule is O=c1[nH]c(=O)n(Cc2ccc3cc(F)ccc3c2)nc1Br. The summed E-state index contributed by atoms with van der Waals surface area (Å²) in [6.45, 7) is 0.210. The molecule has 3 rings (SSSR count). The highest BCUT2D eigenvalue weighted by Crippen LogP contribution is 2.17. The number of nitrogens with zero attached hydrogens (tertiary/aromatic N) is 2. The Morgan fingerprint density at radius 3 is 2.67 bits per heavy atom. The predicted molar refractivity (Wildman–Crippen MR) is 79.8 cm³/mol. The normalized spacial score (nSPS) is 11.0. The zero-order valence-electron chi connectivity index (χ0n) is 10.6. The number of fused-ring (bicyclic) bond motifs is 1. The number of aromatic amines is 1. The molecule has 0 saturated carbocycles. The van der Waals surface area contributed by atoms with E-state index in [9.17, 15) is 14.0 Å². The Bertz CT molecular complexity index is 949. The second kappa shape index (κ2) is 5.25. The molecular formula is C14H9BrFN3O2. The second-order valence-corrected chi connectivity index (χ2v) is 5.28. The third-order valence-corrected chi connectivity index (χ3v) is 3.57. The van der Waals surface area contributed by atoms with Crippen LogP contribution in [0.5, 0.6) is 0 Å². The number of halogens is 2. The van der Waals surface area contributed by atoms with Crippen LogP contribution >= 0.6 is 15.9 Å². The molecule has 21 heavy (non-hydrogen) atoms. The summed E-state index contributed by atoms with van der Waals surface area (Å²) >= 11 is 2.99. The van der Waals surface area contributed by atoms with Crippen molar-refractivity contribution in [2.45, 2.75) is 6.54 Å². The molecule has 0 unspecified atom stereocenters. The summed E-state index contributed by atoms with van der Waals surface area (Å²) in [5.74, 6) is -0.294. The Hall–Kier alpha value is -2.28. The first-order valence-corrected chi connectivity index (χ1v) is 6.87. The van der Waals surface area contributed by atoms with E-state index >= 15 is 0 Å². The van der Waals surface area contributed by atoms with Crippen molar-refractivity contribution in [3.8, 4) is 0 Å². The van der Waals surface area contributed by atoms with Crippen molar-refractivity contribution in [3.63, 3.8) is 0 Å². The van der Waals surface area contributed by atoms with Crippen molar-refractivity contribution in [2.75, 3.05) is 0 Å². The standard InChI is InChI=1S/C14H9BrFN3O2/c15-12-13(20)17-14(21)19(18-12)7-8-1-2-10-6-11(16)4-3-9(10)5-8/h1-6H,7H2,(H,17,20,21). The Labute approximate surface area is 126 Å². The molecule has 3 aromatic rings. The van der Waals surface area contributed by atoms with Crippen LogP contribution in [0.15, 0.2) is 50.6 Å². The molecule has 106 valence electrons. The lowest BCUT2D eigenvalue weighted by Crippen LogP contribution is -2.33. The Morgan fingerprint density at radius 2 is 1.86 bits per heavy atom. The van der Waals surface area contributed by atoms with E-state index in [4.69, 9.17) is 0 Å². The largest absolute Gasteiger partial charge is 0.345 e. The predicted octanol–water partition coefficient (Wildman–Crippen LogP) is 2.03. The van der Waals surface area contributed by atoms with Crippen LogP contribution in [-0.2, 0) is 6.54 Å². The van der Waals surface area contributed by atoms with Gasteiger partial charge in [-0.2, -0.15) is 5.10 Å². The maximum atomic E-state index is 13.1. The number of hydrogen-bond donors (Lipinski definition) is 1. The molecule has 1 N–H and O–H groups in total. The Balaban J connectivity index is 2.02. The monoisotopic (exact) mass is 349 g/mol. The highest BCUT2D eigenvalue weighted by molar-refractivity contribution is 9.10. The van der Waals surface area contributed by atoms with Gasteiger partial charge in [0.15, 0.2) is 4.60 Å². The molecule has 0 atom stereocenters. The van der Waals surface area contributed by atoms with Gasteiger partial charge in [0.2, 0.25) is 0 Å². The molecule has 0 radical (unpaired) electrons. The third-order valence-electron chi connectivity index (χ3n) is 3.05. The van der Waals surface area contributed by atoms with E-state index in [-0.39, 0.29) is 17.0 Å². The summed E-state index contributed by atoms with van der Waals surface area (Å²) in [4.78, 5) is 25.1. The van der Waals surface area contributed by atoms with Crippen molar-refractivity contribution >= 4 is 26.7 Å². The molecule has 0 aliphatic rings. The van der Waals surface area contributed by atoms with Crippen molar-refractivity contribution in [1.82, 2.24) is 14.8 Å². The maximum absolute atomic E-state index is 13.1. The summed E-state index contributed by atoms with van der Waals surface area (Å²) in [6.07, 6.45) is 0. The van der Waals surface area contributed by atoms with Crippen LogP contribution in [-0.4, -0.2) is 14.8 Å². The molecule has 7 heteroatoms. The molecule has 0 bridgehead atoms. The van der Waals surface area contributed by atoms with Crippen LogP contribution in [0.1, 0.15) is 5.56 Å². The van der Waals surface area contributed by atoms with E-state index in [0.29, 0.717) is 0 Å². The molecule has 2 aromatic carbocycles. The van der Waals surface area contributed by atoms with Crippen molar-refractivity contribution < 1.29 is 4.39 Å². The van der Waals surface area contributed by atoms with Gasteiger partial charge in [-0.15, -0.1) is 0 Å². The highest BCUT2D eigenvalue weighted by Gasteiger charge is 2.05. The summed E-state index contributed by atoms with van der Waals surface area (Å²) in [7, 11) is 0. The molecule has 0 aliphatic heterocycles. The lowest BCUT2D eigenvalue weighted by Gasteiger charge is -2.06. The average molecular weight is 350 g/mol. The van der Waals surface area contributed by atoms with Crippen LogP contribution in [0.4, 0.5) is 4.39 Å². The van der Waals surface area contributed by atoms with Gasteiger partial charge in [-0.1, -0.05) is 18.2 Å². The smallest absolute Gasteiger partial charge is 0.270 e. The van der Waals surface area contributed by atoms with Gasteiger partial charge in [0.05, 0.1) is 6.54 Å². The van der Waals surface area contributed by atoms with Gasteiger partial charge in [-0.3, -0.25) is 9.78 Å². The first-order valence-electron chi connectivity index (χ1n) is 6.08. The topological polar surface area (TPSA) is 67.8 Å². The molecule has 0 spiro atoms. The fraction of sp³-hybridized carbons (Fsp3) is 0.0714. The third kappa shape index (κ3) is 2.78. The van der Waals surface area contributed by atoms with E-state index in [1.165, 1.54) is 12.1 Å². The second-order valence-electron chi connectivity index (χ2n) is 4.53. The van der Waals surface area contributed by atoms with Crippen molar-refractivity contribution in [3.05, 3.63) is 73.2 Å². The number of nitrogens with one attached hydrogen (secondary N) is 1. The van der Waals surface area contributed by atoms with Crippen molar-refractivity contribution in [2.24, 2.45) is 0 Å². The van der Waals surface area contributed by atoms with Crippen LogP contribution in [0.2, 0.25) is 0 Å². The van der Waals surface area contributed by atoms with E-state index in [1.807, 2.05) is 6.07 Å². The van der Waals surface area contributed by atoms with Gasteiger partial charge in [-0.05, 0) is 50.5 Å². The molecule has 1 heterocycles. The van der Waals surface area contributed by atoms with Crippen molar-refractivity contribution in [1.29, 1.82) is 0 Å². The molecule has 0 amide bonds. The Kier molecular flexibility index (Phi) is 3.42. The number of H-pyrrole nitrogens is 1. The van der Waals surface area contributed by atoms with Gasteiger partial charge >= 0.3 is 5.69 Å². The molecule has 0 saturated heterocycles. The van der Waals surface area contributed by atoms with Crippen LogP contribution < -0.4 is 11.2 Å². The van der Waals surface area contributed by atoms with Gasteiger partial charge in [0.1, 0.15) is 5.82 Å². The lowest BCUT2D eigenvalue weighted by molar-refractivity contribution is 0.599. The van der Waals surface area contributed by atoms with E-state index in [0.717, 1.165) is 21.0 Å². The number of aromatic nitrogens is 3. The molecule has 0 aliphatic carbocycles. The quantitative estimate of drug-likeness (QED) is 0.769. The minimum absolute atomic E-state index is 0.0463. The van der Waals surface area contributed by atoms with E-state index < -0.39 is 11.2 Å². The van der Waals surface area contributed by atoms with Crippen LogP contribution in [0.25, 0.3) is 10.8 Å². The van der Waals surface area contributed by atoms with E-state index in [1.54, 1.807) is 18.2 Å². The maximum Gasteiger partial charge on any atom is 0.345 e. The lowest BCUT2D eigenvalue weighted by atomic mass is 10.1. The van der Waals surface area contributed by atoms with Gasteiger partial charge in [-0.25, -0.2) is 13.9 Å². The first kappa shape index (κ1) is 13.7. The van der Waals surface area contributed by atoms with E-state index in [2.05, 4.69) is 26.0 Å². The minimum Gasteiger partial charge on any atom is -0.270 e. The van der Waals surface area contributed by atoms with Gasteiger partial charge < -0.3 is 0 Å². The van der Waals surface area contributed by atoms with Gasteiger partial charge in [0, 0.05) is 0 Å². The summed E-state index contributed by atoms with van der Waals surface area (Å²) in [6, 6.07) is 9.91. The Morgan fingerprint density at radius 1 is 1.14 bits per heavy atom. The minimum atomic E-state index is -0.581. The first-order chi connectivity index (χ1) is 10.0. The molecule has 5 nitrogen and oxygen atoms in total. The fourth-order valence-corrected chi connectivity index (χ4v) is 2.35. The van der Waals surface area contributed by atoms with Crippen LogP contribution in [0, 0.1) is 5.82 Å². The fourth-order valence-electron chi connectivity index (χ4n) is 2.05. The zero-order chi connectivity index (χ0) is 15.0. The highest BCUT2D eigenvalue weighted by atomic mass is 79.9. The van der Waals surface area contributed by atoms with Gasteiger partial charge in [0.25, 0.3) is 5.56 Å².